The van der Waals surface area contributed by atoms with Crippen LogP contribution in [0.3, 0.4) is 0 Å². The summed E-state index contributed by atoms with van der Waals surface area (Å²) < 4.78 is 0. The highest BCUT2D eigenvalue weighted by atomic mass is 16.1. The average Bonchev–Trinajstić information content (AvgIpc) is 2.38. The number of pyridine rings is 1. The van der Waals surface area contributed by atoms with Gasteiger partial charge in [0.25, 0.3) is 5.91 Å². The summed E-state index contributed by atoms with van der Waals surface area (Å²) in [6.45, 7) is 3.84. The molecule has 0 saturated carbocycles. The van der Waals surface area contributed by atoms with Crippen molar-refractivity contribution in [1.29, 1.82) is 0 Å². The zero-order valence-corrected chi connectivity index (χ0v) is 11.6. The Hall–Kier alpha value is -2.56. The van der Waals surface area contributed by atoms with Gasteiger partial charge in [-0.2, -0.15) is 0 Å². The first-order valence-corrected chi connectivity index (χ1v) is 6.37. The number of aryl methyl sites for hydroxylation is 1. The van der Waals surface area contributed by atoms with Gasteiger partial charge in [-0.1, -0.05) is 12.1 Å². The first-order valence-electron chi connectivity index (χ1n) is 6.37. The average molecular weight is 270 g/mol. The van der Waals surface area contributed by atoms with Gasteiger partial charge >= 0.3 is 0 Å². The molecule has 0 saturated heterocycles. The predicted octanol–water partition coefficient (Wildman–Crippen LogP) is 2.24. The van der Waals surface area contributed by atoms with E-state index in [0.29, 0.717) is 17.1 Å². The smallest absolute Gasteiger partial charge is 0.252 e. The summed E-state index contributed by atoms with van der Waals surface area (Å²) in [6.07, 6.45) is 0. The van der Waals surface area contributed by atoms with Gasteiger partial charge in [-0.15, -0.1) is 0 Å². The van der Waals surface area contributed by atoms with Crippen molar-refractivity contribution < 1.29 is 4.79 Å². The number of rotatable bonds is 4. The number of hydrogen-bond donors (Lipinski definition) is 3. The van der Waals surface area contributed by atoms with Gasteiger partial charge < -0.3 is 16.8 Å². The van der Waals surface area contributed by atoms with Crippen LogP contribution < -0.4 is 16.8 Å². The molecule has 1 aromatic heterocycles. The monoisotopic (exact) mass is 270 g/mol. The molecule has 104 valence electrons. The first kappa shape index (κ1) is 13.9. The summed E-state index contributed by atoms with van der Waals surface area (Å²) in [5.41, 5.74) is 14.1. The summed E-state index contributed by atoms with van der Waals surface area (Å²) in [7, 11) is 0. The SMILES string of the molecule is Cc1ccc(C(N)=O)c(NC(C)c2cccc(N)c2)n1. The molecule has 0 radical (unpaired) electrons. The van der Waals surface area contributed by atoms with Crippen molar-refractivity contribution in [3.8, 4) is 0 Å². The molecule has 0 aliphatic rings. The Morgan fingerprint density at radius 3 is 2.70 bits per heavy atom. The van der Waals surface area contributed by atoms with Crippen molar-refractivity contribution in [2.45, 2.75) is 19.9 Å². The molecule has 20 heavy (non-hydrogen) atoms. The topological polar surface area (TPSA) is 94.0 Å². The van der Waals surface area contributed by atoms with Crippen LogP contribution >= 0.6 is 0 Å². The summed E-state index contributed by atoms with van der Waals surface area (Å²) in [4.78, 5) is 15.8. The fraction of sp³-hybridized carbons (Fsp3) is 0.200. The number of nitrogen functional groups attached to an aromatic ring is 1. The number of carbonyl (C=O) groups is 1. The Bertz CT molecular complexity index is 640. The first-order chi connectivity index (χ1) is 9.47. The van der Waals surface area contributed by atoms with Gasteiger partial charge in [0.1, 0.15) is 5.82 Å². The van der Waals surface area contributed by atoms with Crippen LogP contribution in [-0.2, 0) is 0 Å². The van der Waals surface area contributed by atoms with E-state index in [4.69, 9.17) is 11.5 Å². The maximum atomic E-state index is 11.4. The van der Waals surface area contributed by atoms with E-state index in [9.17, 15) is 4.79 Å². The lowest BCUT2D eigenvalue weighted by molar-refractivity contribution is 0.100. The molecule has 1 amide bonds. The second-order valence-corrected chi connectivity index (χ2v) is 4.75. The van der Waals surface area contributed by atoms with Crippen LogP contribution in [0.1, 0.15) is 34.6 Å². The number of anilines is 2. The second kappa shape index (κ2) is 5.61. The Labute approximate surface area is 118 Å². The molecule has 5 heteroatoms. The van der Waals surface area contributed by atoms with Crippen LogP contribution in [0.5, 0.6) is 0 Å². The fourth-order valence-electron chi connectivity index (χ4n) is 1.98. The largest absolute Gasteiger partial charge is 0.399 e. The molecular weight excluding hydrogens is 252 g/mol. The van der Waals surface area contributed by atoms with E-state index in [2.05, 4.69) is 10.3 Å². The van der Waals surface area contributed by atoms with Crippen LogP contribution in [0.25, 0.3) is 0 Å². The van der Waals surface area contributed by atoms with E-state index in [1.165, 1.54) is 0 Å². The van der Waals surface area contributed by atoms with Gasteiger partial charge in [-0.25, -0.2) is 4.98 Å². The molecule has 1 aromatic carbocycles. The Balaban J connectivity index is 2.29. The van der Waals surface area contributed by atoms with Gasteiger partial charge in [-0.05, 0) is 43.7 Å². The molecule has 0 spiro atoms. The molecule has 0 aliphatic heterocycles. The van der Waals surface area contributed by atoms with Crippen LogP contribution in [-0.4, -0.2) is 10.9 Å². The molecule has 5 N–H and O–H groups in total. The third-order valence-corrected chi connectivity index (χ3v) is 3.06. The van der Waals surface area contributed by atoms with Gasteiger partial charge in [0.2, 0.25) is 0 Å². The quantitative estimate of drug-likeness (QED) is 0.743. The lowest BCUT2D eigenvalue weighted by Gasteiger charge is -2.17. The molecule has 1 heterocycles. The number of aromatic nitrogens is 1. The number of carbonyl (C=O) groups excluding carboxylic acids is 1. The Kier molecular flexibility index (Phi) is 3.89. The van der Waals surface area contributed by atoms with Crippen LogP contribution in [0, 0.1) is 6.92 Å². The van der Waals surface area contributed by atoms with Crippen molar-refractivity contribution in [2.75, 3.05) is 11.1 Å². The number of hydrogen-bond acceptors (Lipinski definition) is 4. The van der Waals surface area contributed by atoms with E-state index in [-0.39, 0.29) is 6.04 Å². The van der Waals surface area contributed by atoms with Crippen LogP contribution in [0.15, 0.2) is 36.4 Å². The van der Waals surface area contributed by atoms with Crippen LogP contribution in [0.4, 0.5) is 11.5 Å². The number of amides is 1. The van der Waals surface area contributed by atoms with Gasteiger partial charge in [-0.3, -0.25) is 4.79 Å². The van der Waals surface area contributed by atoms with Crippen LogP contribution in [0.2, 0.25) is 0 Å². The van der Waals surface area contributed by atoms with Crippen molar-refractivity contribution in [3.63, 3.8) is 0 Å². The molecule has 1 unspecified atom stereocenters. The van der Waals surface area contributed by atoms with Crippen molar-refractivity contribution in [3.05, 3.63) is 53.2 Å². The molecule has 0 bridgehead atoms. The number of nitrogens with zero attached hydrogens (tertiary/aromatic N) is 1. The normalized spacial score (nSPS) is 11.9. The van der Waals surface area contributed by atoms with E-state index in [1.54, 1.807) is 12.1 Å². The predicted molar refractivity (Wildman–Crippen MR) is 80.4 cm³/mol. The minimum Gasteiger partial charge on any atom is -0.399 e. The number of primary amides is 1. The Morgan fingerprint density at radius 2 is 2.05 bits per heavy atom. The molecule has 0 fully saturated rings. The maximum Gasteiger partial charge on any atom is 0.252 e. The zero-order chi connectivity index (χ0) is 14.7. The summed E-state index contributed by atoms with van der Waals surface area (Å²) >= 11 is 0. The van der Waals surface area contributed by atoms with Crippen molar-refractivity contribution in [2.24, 2.45) is 5.73 Å². The van der Waals surface area contributed by atoms with E-state index >= 15 is 0 Å². The number of nitrogens with one attached hydrogen (secondary N) is 1. The minimum atomic E-state index is -0.500. The second-order valence-electron chi connectivity index (χ2n) is 4.75. The zero-order valence-electron chi connectivity index (χ0n) is 11.6. The lowest BCUT2D eigenvalue weighted by Crippen LogP contribution is -2.17. The molecule has 1 atom stereocenters. The highest BCUT2D eigenvalue weighted by Crippen LogP contribution is 2.22. The lowest BCUT2D eigenvalue weighted by atomic mass is 10.1. The van der Waals surface area contributed by atoms with Gasteiger partial charge in [0.15, 0.2) is 0 Å². The highest BCUT2D eigenvalue weighted by Gasteiger charge is 2.13. The van der Waals surface area contributed by atoms with E-state index in [0.717, 1.165) is 11.3 Å². The number of nitrogens with two attached hydrogens (primary N) is 2. The summed E-state index contributed by atoms with van der Waals surface area (Å²) in [6, 6.07) is 11.0. The van der Waals surface area contributed by atoms with Crippen molar-refractivity contribution in [1.82, 2.24) is 4.98 Å². The molecule has 2 aromatic rings. The molecule has 0 aliphatic carbocycles. The van der Waals surface area contributed by atoms with E-state index < -0.39 is 5.91 Å². The Morgan fingerprint density at radius 1 is 1.30 bits per heavy atom. The molecule has 5 nitrogen and oxygen atoms in total. The summed E-state index contributed by atoms with van der Waals surface area (Å²) in [5, 5.41) is 3.21. The highest BCUT2D eigenvalue weighted by molar-refractivity contribution is 5.97. The molecule has 2 rings (SSSR count). The molecular formula is C15H18N4O. The third kappa shape index (κ3) is 3.06. The standard InChI is InChI=1S/C15H18N4O/c1-9-6-7-13(14(17)20)15(18-9)19-10(2)11-4-3-5-12(16)8-11/h3-8,10H,16H2,1-2H3,(H2,17,20)(H,18,19). The van der Waals surface area contributed by atoms with Crippen molar-refractivity contribution >= 4 is 17.4 Å². The summed E-state index contributed by atoms with van der Waals surface area (Å²) in [5.74, 6) is -0.00722. The van der Waals surface area contributed by atoms with E-state index in [1.807, 2.05) is 38.1 Å². The van der Waals surface area contributed by atoms with Gasteiger partial charge in [0.05, 0.1) is 11.6 Å². The fourth-order valence-corrected chi connectivity index (χ4v) is 1.98. The third-order valence-electron chi connectivity index (χ3n) is 3.06. The number of benzene rings is 1. The minimum absolute atomic E-state index is 0.0362. The maximum absolute atomic E-state index is 11.4. The van der Waals surface area contributed by atoms with Gasteiger partial charge in [0, 0.05) is 11.4 Å².